The highest BCUT2D eigenvalue weighted by Crippen LogP contribution is 2.39. The first-order valence-electron chi connectivity index (χ1n) is 8.20. The van der Waals surface area contributed by atoms with Gasteiger partial charge in [0.25, 0.3) is 0 Å². The van der Waals surface area contributed by atoms with E-state index in [0.29, 0.717) is 6.61 Å². The summed E-state index contributed by atoms with van der Waals surface area (Å²) in [6, 6.07) is 11.5. The maximum Gasteiger partial charge on any atom is 0.185 e. The van der Waals surface area contributed by atoms with Crippen LogP contribution in [0.4, 0.5) is 0 Å². The molecule has 6 nitrogen and oxygen atoms in total. The molecule has 2 saturated heterocycles. The fourth-order valence-electron chi connectivity index (χ4n) is 3.13. The van der Waals surface area contributed by atoms with Crippen molar-refractivity contribution in [2.45, 2.75) is 37.0 Å². The number of hydrogen-bond acceptors (Lipinski definition) is 7. The Balaban J connectivity index is 1.55. The molecule has 134 valence electrons. The SMILES string of the molecule is OCC(O)[C@H]1OC(c2ccsc2)O[C@H]2COC(c3ccccc3)O[C@H]21. The molecule has 3 heterocycles. The van der Waals surface area contributed by atoms with Gasteiger partial charge in [0.2, 0.25) is 0 Å². The molecule has 0 radical (unpaired) electrons. The van der Waals surface area contributed by atoms with Gasteiger partial charge in [0.15, 0.2) is 12.6 Å². The van der Waals surface area contributed by atoms with Crippen LogP contribution in [0.1, 0.15) is 23.7 Å². The highest BCUT2D eigenvalue weighted by molar-refractivity contribution is 7.07. The third-order valence-electron chi connectivity index (χ3n) is 4.42. The van der Waals surface area contributed by atoms with E-state index in [-0.39, 0.29) is 6.10 Å². The lowest BCUT2D eigenvalue weighted by Crippen LogP contribution is -2.58. The van der Waals surface area contributed by atoms with Crippen LogP contribution in [0.25, 0.3) is 0 Å². The fourth-order valence-corrected chi connectivity index (χ4v) is 3.79. The smallest absolute Gasteiger partial charge is 0.185 e. The maximum absolute atomic E-state index is 10.2. The topological polar surface area (TPSA) is 77.4 Å². The summed E-state index contributed by atoms with van der Waals surface area (Å²) in [4.78, 5) is 0. The molecule has 2 aliphatic heterocycles. The second kappa shape index (κ2) is 7.51. The van der Waals surface area contributed by atoms with E-state index in [4.69, 9.17) is 18.9 Å². The molecule has 2 aliphatic rings. The summed E-state index contributed by atoms with van der Waals surface area (Å²) in [5.41, 5.74) is 1.77. The quantitative estimate of drug-likeness (QED) is 0.864. The first-order chi connectivity index (χ1) is 12.3. The second-order valence-electron chi connectivity index (χ2n) is 6.09. The molecular weight excluding hydrogens is 344 g/mol. The van der Waals surface area contributed by atoms with Crippen molar-refractivity contribution >= 4 is 11.3 Å². The van der Waals surface area contributed by atoms with E-state index in [2.05, 4.69) is 0 Å². The van der Waals surface area contributed by atoms with Crippen LogP contribution in [-0.4, -0.2) is 47.8 Å². The van der Waals surface area contributed by atoms with E-state index in [1.165, 1.54) is 0 Å². The van der Waals surface area contributed by atoms with Crippen molar-refractivity contribution in [1.82, 2.24) is 0 Å². The molecule has 0 amide bonds. The molecule has 3 unspecified atom stereocenters. The molecule has 6 atom stereocenters. The summed E-state index contributed by atoms with van der Waals surface area (Å²) in [6.45, 7) is -0.0899. The third kappa shape index (κ3) is 3.50. The Bertz CT molecular complexity index is 663. The molecule has 4 rings (SSSR count). The first-order valence-corrected chi connectivity index (χ1v) is 9.14. The van der Waals surface area contributed by atoms with Crippen LogP contribution in [0, 0.1) is 0 Å². The van der Waals surface area contributed by atoms with E-state index in [1.54, 1.807) is 11.3 Å². The van der Waals surface area contributed by atoms with Crippen molar-refractivity contribution < 1.29 is 29.2 Å². The van der Waals surface area contributed by atoms with Crippen molar-refractivity contribution in [2.75, 3.05) is 13.2 Å². The Kier molecular flexibility index (Phi) is 5.14. The summed E-state index contributed by atoms with van der Waals surface area (Å²) in [6.07, 6.45) is -3.85. The molecule has 1 aromatic carbocycles. The van der Waals surface area contributed by atoms with Crippen LogP contribution in [-0.2, 0) is 18.9 Å². The van der Waals surface area contributed by atoms with Crippen molar-refractivity contribution in [1.29, 1.82) is 0 Å². The zero-order valence-corrected chi connectivity index (χ0v) is 14.2. The van der Waals surface area contributed by atoms with Crippen LogP contribution in [0.3, 0.4) is 0 Å². The highest BCUT2D eigenvalue weighted by Gasteiger charge is 2.48. The van der Waals surface area contributed by atoms with Gasteiger partial charge in [-0.05, 0) is 16.8 Å². The average Bonchev–Trinajstić information content (AvgIpc) is 3.21. The van der Waals surface area contributed by atoms with Crippen molar-refractivity contribution in [3.05, 3.63) is 58.3 Å². The summed E-state index contributed by atoms with van der Waals surface area (Å²) in [5.74, 6) is 0. The summed E-state index contributed by atoms with van der Waals surface area (Å²) in [5, 5.41) is 23.5. The minimum absolute atomic E-state index is 0.322. The summed E-state index contributed by atoms with van der Waals surface area (Å²) >= 11 is 1.54. The number of rotatable bonds is 4. The number of aliphatic hydroxyl groups excluding tert-OH is 2. The minimum atomic E-state index is -1.06. The number of thiophene rings is 1. The van der Waals surface area contributed by atoms with Crippen molar-refractivity contribution in [2.24, 2.45) is 0 Å². The van der Waals surface area contributed by atoms with Gasteiger partial charge in [-0.3, -0.25) is 0 Å². The zero-order valence-electron chi connectivity index (χ0n) is 13.4. The molecule has 2 N–H and O–H groups in total. The lowest BCUT2D eigenvalue weighted by atomic mass is 10.00. The lowest BCUT2D eigenvalue weighted by molar-refractivity contribution is -0.373. The van der Waals surface area contributed by atoms with Gasteiger partial charge in [-0.25, -0.2) is 0 Å². The van der Waals surface area contributed by atoms with Crippen LogP contribution < -0.4 is 0 Å². The van der Waals surface area contributed by atoms with Gasteiger partial charge < -0.3 is 29.2 Å². The Morgan fingerprint density at radius 1 is 1.04 bits per heavy atom. The Morgan fingerprint density at radius 3 is 2.60 bits per heavy atom. The molecule has 7 heteroatoms. The first kappa shape index (κ1) is 17.1. The lowest BCUT2D eigenvalue weighted by Gasteiger charge is -2.46. The fraction of sp³-hybridized carbons (Fsp3) is 0.444. The van der Waals surface area contributed by atoms with E-state index in [0.717, 1.165) is 11.1 Å². The second-order valence-corrected chi connectivity index (χ2v) is 6.87. The molecule has 2 aromatic rings. The number of hydrogen-bond donors (Lipinski definition) is 2. The van der Waals surface area contributed by atoms with Crippen molar-refractivity contribution in [3.8, 4) is 0 Å². The molecule has 0 saturated carbocycles. The molecule has 1 aromatic heterocycles. The van der Waals surface area contributed by atoms with E-state index in [1.807, 2.05) is 47.2 Å². The van der Waals surface area contributed by atoms with Crippen LogP contribution in [0.15, 0.2) is 47.2 Å². The standard InChI is InChI=1S/C18H20O6S/c19-8-13(20)15-16-14(22-18(23-15)12-6-7-25-10-12)9-21-17(24-16)11-4-2-1-3-5-11/h1-7,10,13-20H,8-9H2/t13?,14-,15+,16+,17?,18?/m0/s1. The normalized spacial score (nSPS) is 33.6. The highest BCUT2D eigenvalue weighted by atomic mass is 32.1. The average molecular weight is 364 g/mol. The van der Waals surface area contributed by atoms with Gasteiger partial charge in [0.1, 0.15) is 24.4 Å². The van der Waals surface area contributed by atoms with Gasteiger partial charge in [0.05, 0.1) is 13.2 Å². The van der Waals surface area contributed by atoms with Gasteiger partial charge in [0, 0.05) is 11.1 Å². The van der Waals surface area contributed by atoms with Crippen molar-refractivity contribution in [3.63, 3.8) is 0 Å². The van der Waals surface area contributed by atoms with Gasteiger partial charge in [-0.15, -0.1) is 0 Å². The van der Waals surface area contributed by atoms with Crippen LogP contribution in [0.2, 0.25) is 0 Å². The van der Waals surface area contributed by atoms with Gasteiger partial charge in [-0.1, -0.05) is 30.3 Å². The molecule has 2 fully saturated rings. The van der Waals surface area contributed by atoms with Crippen LogP contribution in [0.5, 0.6) is 0 Å². The molecular formula is C18H20O6S. The largest absolute Gasteiger partial charge is 0.394 e. The van der Waals surface area contributed by atoms with Gasteiger partial charge in [-0.2, -0.15) is 11.3 Å². The van der Waals surface area contributed by atoms with E-state index < -0.39 is 37.5 Å². The minimum Gasteiger partial charge on any atom is -0.394 e. The van der Waals surface area contributed by atoms with Crippen LogP contribution >= 0.6 is 11.3 Å². The molecule has 25 heavy (non-hydrogen) atoms. The Labute approximate surface area is 149 Å². The molecule has 0 spiro atoms. The zero-order chi connectivity index (χ0) is 17.2. The maximum atomic E-state index is 10.2. The van der Waals surface area contributed by atoms with E-state index in [9.17, 15) is 10.2 Å². The predicted molar refractivity (Wildman–Crippen MR) is 89.9 cm³/mol. The monoisotopic (exact) mass is 364 g/mol. The number of aliphatic hydroxyl groups is 2. The number of ether oxygens (including phenoxy) is 4. The third-order valence-corrected chi connectivity index (χ3v) is 5.12. The predicted octanol–water partition coefficient (Wildman–Crippen LogP) is 2.00. The van der Waals surface area contributed by atoms with Gasteiger partial charge >= 0.3 is 0 Å². The molecule has 0 aliphatic carbocycles. The number of fused-ring (bicyclic) bond motifs is 1. The van der Waals surface area contributed by atoms with E-state index >= 15 is 0 Å². The molecule has 0 bridgehead atoms. The summed E-state index contributed by atoms with van der Waals surface area (Å²) < 4.78 is 23.8. The number of benzene rings is 1. The Morgan fingerprint density at radius 2 is 1.88 bits per heavy atom. The summed E-state index contributed by atoms with van der Waals surface area (Å²) in [7, 11) is 0. The Hall–Kier alpha value is -1.32.